The molecule has 0 aliphatic carbocycles. The predicted octanol–water partition coefficient (Wildman–Crippen LogP) is 1.01. The standard InChI is InChI=1S/C11H8ClN5O3/c12-9-10(7-2-1-3-8(4-7)17(19)20)16(11(9)18)15-5-13-14-6-15/h1-6,9-10H. The minimum atomic E-state index is -0.764. The van der Waals surface area contributed by atoms with Gasteiger partial charge in [-0.25, -0.2) is 9.69 Å². The van der Waals surface area contributed by atoms with Gasteiger partial charge in [-0.2, -0.15) is 0 Å². The lowest BCUT2D eigenvalue weighted by Gasteiger charge is -2.43. The van der Waals surface area contributed by atoms with Crippen LogP contribution < -0.4 is 5.01 Å². The first-order chi connectivity index (χ1) is 9.59. The molecule has 2 aromatic rings. The van der Waals surface area contributed by atoms with Crippen molar-refractivity contribution >= 4 is 23.2 Å². The lowest BCUT2D eigenvalue weighted by molar-refractivity contribution is -0.384. The van der Waals surface area contributed by atoms with Gasteiger partial charge < -0.3 is 0 Å². The highest BCUT2D eigenvalue weighted by Gasteiger charge is 2.48. The van der Waals surface area contributed by atoms with Crippen molar-refractivity contribution in [3.63, 3.8) is 0 Å². The Balaban J connectivity index is 1.98. The molecule has 1 aliphatic heterocycles. The van der Waals surface area contributed by atoms with Gasteiger partial charge in [-0.05, 0) is 5.56 Å². The van der Waals surface area contributed by atoms with Crippen LogP contribution in [-0.2, 0) is 4.79 Å². The van der Waals surface area contributed by atoms with E-state index in [1.54, 1.807) is 12.1 Å². The Hall–Kier alpha value is -2.48. The zero-order valence-corrected chi connectivity index (χ0v) is 10.7. The molecule has 0 spiro atoms. The molecule has 1 aromatic carbocycles. The van der Waals surface area contributed by atoms with Gasteiger partial charge in [0.25, 0.3) is 11.6 Å². The number of alkyl halides is 1. The lowest BCUT2D eigenvalue weighted by atomic mass is 9.95. The number of carbonyl (C=O) groups is 1. The molecule has 3 rings (SSSR count). The molecular formula is C11H8ClN5O3. The lowest BCUT2D eigenvalue weighted by Crippen LogP contribution is -2.61. The average molecular weight is 294 g/mol. The summed E-state index contributed by atoms with van der Waals surface area (Å²) in [6.07, 6.45) is 2.73. The third-order valence-electron chi connectivity index (χ3n) is 3.08. The van der Waals surface area contributed by atoms with Gasteiger partial charge in [0, 0.05) is 12.1 Å². The van der Waals surface area contributed by atoms with Gasteiger partial charge in [0.1, 0.15) is 24.1 Å². The maximum absolute atomic E-state index is 11.8. The van der Waals surface area contributed by atoms with E-state index in [4.69, 9.17) is 11.6 Å². The van der Waals surface area contributed by atoms with Gasteiger partial charge in [0.15, 0.2) is 0 Å². The van der Waals surface area contributed by atoms with Crippen LogP contribution in [0.3, 0.4) is 0 Å². The Morgan fingerprint density at radius 1 is 1.30 bits per heavy atom. The van der Waals surface area contributed by atoms with E-state index >= 15 is 0 Å². The van der Waals surface area contributed by atoms with E-state index in [1.807, 2.05) is 0 Å². The zero-order chi connectivity index (χ0) is 14.3. The van der Waals surface area contributed by atoms with Crippen molar-refractivity contribution in [2.45, 2.75) is 11.4 Å². The molecule has 0 saturated carbocycles. The maximum atomic E-state index is 11.8. The third kappa shape index (κ3) is 1.81. The number of nitro benzene ring substituents is 1. The van der Waals surface area contributed by atoms with Crippen molar-refractivity contribution in [2.75, 3.05) is 5.01 Å². The van der Waals surface area contributed by atoms with Crippen molar-refractivity contribution in [3.05, 3.63) is 52.6 Å². The smallest absolute Gasteiger partial charge is 0.269 e. The topological polar surface area (TPSA) is 94.2 Å². The first kappa shape index (κ1) is 12.5. The Labute approximate surface area is 117 Å². The molecule has 2 unspecified atom stereocenters. The van der Waals surface area contributed by atoms with E-state index < -0.39 is 16.3 Å². The zero-order valence-electron chi connectivity index (χ0n) is 9.96. The van der Waals surface area contributed by atoms with Crippen LogP contribution in [0.25, 0.3) is 0 Å². The van der Waals surface area contributed by atoms with Gasteiger partial charge in [-0.1, -0.05) is 12.1 Å². The molecule has 9 heteroatoms. The van der Waals surface area contributed by atoms with E-state index in [0.717, 1.165) is 0 Å². The molecule has 102 valence electrons. The van der Waals surface area contributed by atoms with E-state index in [1.165, 1.54) is 34.5 Å². The molecule has 1 amide bonds. The van der Waals surface area contributed by atoms with Gasteiger partial charge in [-0.15, -0.1) is 21.8 Å². The van der Waals surface area contributed by atoms with Crippen LogP contribution in [0.2, 0.25) is 0 Å². The Morgan fingerprint density at radius 2 is 2.00 bits per heavy atom. The molecule has 1 saturated heterocycles. The number of carbonyl (C=O) groups excluding carboxylic acids is 1. The Morgan fingerprint density at radius 3 is 2.65 bits per heavy atom. The number of halogens is 1. The molecule has 0 radical (unpaired) electrons. The molecule has 1 aromatic heterocycles. The van der Waals surface area contributed by atoms with Crippen LogP contribution in [0, 0.1) is 10.1 Å². The first-order valence-electron chi connectivity index (χ1n) is 5.66. The summed E-state index contributed by atoms with van der Waals surface area (Å²) in [6, 6.07) is 5.56. The summed E-state index contributed by atoms with van der Waals surface area (Å²) in [4.78, 5) is 22.2. The minimum Gasteiger partial charge on any atom is -0.271 e. The van der Waals surface area contributed by atoms with E-state index in [-0.39, 0.29) is 11.6 Å². The summed E-state index contributed by atoms with van der Waals surface area (Å²) in [5, 5.41) is 18.7. The second-order valence-electron chi connectivity index (χ2n) is 4.22. The average Bonchev–Trinajstić information content (AvgIpc) is 2.97. The number of aromatic nitrogens is 3. The summed E-state index contributed by atoms with van der Waals surface area (Å²) in [5.41, 5.74) is 0.543. The van der Waals surface area contributed by atoms with E-state index in [2.05, 4.69) is 10.2 Å². The molecular weight excluding hydrogens is 286 g/mol. The molecule has 2 atom stereocenters. The van der Waals surface area contributed by atoms with Crippen LogP contribution >= 0.6 is 11.6 Å². The van der Waals surface area contributed by atoms with Gasteiger partial charge in [0.05, 0.1) is 4.92 Å². The number of hydrogen-bond donors (Lipinski definition) is 0. The summed E-state index contributed by atoms with van der Waals surface area (Å²) in [5.74, 6) is -0.303. The summed E-state index contributed by atoms with van der Waals surface area (Å²) < 4.78 is 1.41. The number of nitrogens with zero attached hydrogens (tertiary/aromatic N) is 5. The normalized spacial score (nSPS) is 21.6. The molecule has 2 heterocycles. The number of amides is 1. The van der Waals surface area contributed by atoms with Gasteiger partial charge >= 0.3 is 0 Å². The van der Waals surface area contributed by atoms with E-state index in [0.29, 0.717) is 5.56 Å². The SMILES string of the molecule is O=C1C(Cl)C(c2cccc([N+](=O)[O-])c2)N1n1cnnc1. The van der Waals surface area contributed by atoms with Crippen molar-refractivity contribution < 1.29 is 9.72 Å². The predicted molar refractivity (Wildman–Crippen MR) is 68.7 cm³/mol. The molecule has 1 fully saturated rings. The number of hydrogen-bond acceptors (Lipinski definition) is 5. The van der Waals surface area contributed by atoms with Crippen molar-refractivity contribution in [3.8, 4) is 0 Å². The molecule has 0 bridgehead atoms. The minimum absolute atomic E-state index is 0.0468. The highest BCUT2D eigenvalue weighted by atomic mass is 35.5. The molecule has 20 heavy (non-hydrogen) atoms. The van der Waals surface area contributed by atoms with Crippen molar-refractivity contribution in [2.24, 2.45) is 0 Å². The largest absolute Gasteiger partial charge is 0.271 e. The summed E-state index contributed by atoms with van der Waals surface area (Å²) in [6.45, 7) is 0. The van der Waals surface area contributed by atoms with Crippen molar-refractivity contribution in [1.82, 2.24) is 14.9 Å². The second kappa shape index (κ2) is 4.57. The summed E-state index contributed by atoms with van der Waals surface area (Å²) >= 11 is 6.03. The Kier molecular flexibility index (Phi) is 2.87. The van der Waals surface area contributed by atoms with Crippen LogP contribution in [-0.4, -0.2) is 31.1 Å². The fourth-order valence-corrected chi connectivity index (χ4v) is 2.49. The van der Waals surface area contributed by atoms with Crippen LogP contribution in [0.1, 0.15) is 11.6 Å². The number of non-ortho nitro benzene ring substituents is 1. The Bertz CT molecular complexity index is 674. The first-order valence-corrected chi connectivity index (χ1v) is 6.09. The number of β-lactam (4-membered cyclic amide) rings is 1. The maximum Gasteiger partial charge on any atom is 0.269 e. The monoisotopic (exact) mass is 293 g/mol. The molecule has 1 aliphatic rings. The van der Waals surface area contributed by atoms with Crippen LogP contribution in [0.15, 0.2) is 36.9 Å². The highest BCUT2D eigenvalue weighted by Crippen LogP contribution is 2.37. The van der Waals surface area contributed by atoms with Crippen LogP contribution in [0.4, 0.5) is 5.69 Å². The molecule has 8 nitrogen and oxygen atoms in total. The molecule has 0 N–H and O–H groups in total. The van der Waals surface area contributed by atoms with E-state index in [9.17, 15) is 14.9 Å². The second-order valence-corrected chi connectivity index (χ2v) is 4.69. The van der Waals surface area contributed by atoms with Crippen LogP contribution in [0.5, 0.6) is 0 Å². The number of rotatable bonds is 3. The fraction of sp³-hybridized carbons (Fsp3) is 0.182. The van der Waals surface area contributed by atoms with Gasteiger partial charge in [-0.3, -0.25) is 14.9 Å². The number of nitro groups is 1. The highest BCUT2D eigenvalue weighted by molar-refractivity contribution is 6.36. The van der Waals surface area contributed by atoms with Crippen molar-refractivity contribution in [1.29, 1.82) is 0 Å². The van der Waals surface area contributed by atoms with Gasteiger partial charge in [0.2, 0.25) is 0 Å². The number of benzene rings is 1. The fourth-order valence-electron chi connectivity index (χ4n) is 2.14. The quantitative estimate of drug-likeness (QED) is 0.364. The third-order valence-corrected chi connectivity index (χ3v) is 3.51. The summed E-state index contributed by atoms with van der Waals surface area (Å²) in [7, 11) is 0.